The summed E-state index contributed by atoms with van der Waals surface area (Å²) < 4.78 is 0. The van der Waals surface area contributed by atoms with Gasteiger partial charge < -0.3 is 10.4 Å². The quantitative estimate of drug-likeness (QED) is 0.809. The Morgan fingerprint density at radius 3 is 2.70 bits per heavy atom. The van der Waals surface area contributed by atoms with Crippen molar-refractivity contribution in [2.75, 3.05) is 5.32 Å². The molecule has 0 spiro atoms. The predicted molar refractivity (Wildman–Crippen MR) is 80.9 cm³/mol. The standard InChI is InChI=1S/C13H14N2O3S2/c1-7-8(2)20-11(10(7)12(16)17)15-13(18)14-5-9-3-4-19-6-9/h3-4,6H,5H2,1-2H3,(H,16,17)(H2,14,15,18). The second-order valence-electron chi connectivity index (χ2n) is 4.23. The van der Waals surface area contributed by atoms with Gasteiger partial charge in [0.1, 0.15) is 5.00 Å². The van der Waals surface area contributed by atoms with Gasteiger partial charge in [-0.25, -0.2) is 9.59 Å². The highest BCUT2D eigenvalue weighted by molar-refractivity contribution is 7.16. The van der Waals surface area contributed by atoms with Crippen molar-refractivity contribution in [2.45, 2.75) is 20.4 Å². The molecular weight excluding hydrogens is 296 g/mol. The van der Waals surface area contributed by atoms with Gasteiger partial charge in [-0.1, -0.05) is 0 Å². The molecule has 0 radical (unpaired) electrons. The Morgan fingerprint density at radius 1 is 1.35 bits per heavy atom. The Morgan fingerprint density at radius 2 is 2.10 bits per heavy atom. The highest BCUT2D eigenvalue weighted by atomic mass is 32.1. The summed E-state index contributed by atoms with van der Waals surface area (Å²) in [5.74, 6) is -1.03. The maximum atomic E-state index is 11.8. The number of aromatic carboxylic acids is 1. The molecule has 5 nitrogen and oxygen atoms in total. The van der Waals surface area contributed by atoms with E-state index in [2.05, 4.69) is 10.6 Å². The molecule has 3 N–H and O–H groups in total. The van der Waals surface area contributed by atoms with Crippen LogP contribution in [0.15, 0.2) is 16.8 Å². The van der Waals surface area contributed by atoms with Crippen LogP contribution in [0.2, 0.25) is 0 Å². The van der Waals surface area contributed by atoms with Gasteiger partial charge in [-0.05, 0) is 41.8 Å². The first-order chi connectivity index (χ1) is 9.49. The van der Waals surface area contributed by atoms with E-state index in [-0.39, 0.29) is 5.56 Å². The average Bonchev–Trinajstić information content (AvgIpc) is 2.96. The van der Waals surface area contributed by atoms with Crippen LogP contribution < -0.4 is 10.6 Å². The molecule has 2 aromatic rings. The van der Waals surface area contributed by atoms with E-state index >= 15 is 0 Å². The van der Waals surface area contributed by atoms with E-state index in [0.717, 1.165) is 10.4 Å². The number of carboxylic acid groups (broad SMARTS) is 1. The normalized spacial score (nSPS) is 10.3. The monoisotopic (exact) mass is 310 g/mol. The Kier molecular flexibility index (Phi) is 4.41. The number of nitrogens with one attached hydrogen (secondary N) is 2. The SMILES string of the molecule is Cc1sc(NC(=O)NCc2ccsc2)c(C(=O)O)c1C. The summed E-state index contributed by atoms with van der Waals surface area (Å²) in [6, 6.07) is 1.52. The van der Waals surface area contributed by atoms with Gasteiger partial charge in [-0.3, -0.25) is 5.32 Å². The van der Waals surface area contributed by atoms with Crippen LogP contribution >= 0.6 is 22.7 Å². The number of amides is 2. The van der Waals surface area contributed by atoms with Crippen molar-refractivity contribution in [3.05, 3.63) is 38.4 Å². The molecule has 0 bridgehead atoms. The van der Waals surface area contributed by atoms with Crippen molar-refractivity contribution in [1.82, 2.24) is 5.32 Å². The molecule has 2 amide bonds. The summed E-state index contributed by atoms with van der Waals surface area (Å²) in [5, 5.41) is 18.7. The molecular formula is C13H14N2O3S2. The zero-order valence-corrected chi connectivity index (χ0v) is 12.7. The Bertz CT molecular complexity index is 632. The average molecular weight is 310 g/mol. The molecule has 0 atom stereocenters. The smallest absolute Gasteiger partial charge is 0.338 e. The molecule has 0 aliphatic heterocycles. The summed E-state index contributed by atoms with van der Waals surface area (Å²) in [4.78, 5) is 23.9. The van der Waals surface area contributed by atoms with Crippen molar-refractivity contribution in [3.8, 4) is 0 Å². The third kappa shape index (κ3) is 3.17. The molecule has 0 saturated heterocycles. The highest BCUT2D eigenvalue weighted by Gasteiger charge is 2.20. The summed E-state index contributed by atoms with van der Waals surface area (Å²) >= 11 is 2.83. The molecule has 106 valence electrons. The van der Waals surface area contributed by atoms with Crippen LogP contribution in [0, 0.1) is 13.8 Å². The lowest BCUT2D eigenvalue weighted by molar-refractivity contribution is 0.0697. The summed E-state index contributed by atoms with van der Waals surface area (Å²) in [6.45, 7) is 3.99. The van der Waals surface area contributed by atoms with Gasteiger partial charge in [-0.2, -0.15) is 11.3 Å². The number of urea groups is 1. The van der Waals surface area contributed by atoms with Crippen molar-refractivity contribution in [1.29, 1.82) is 0 Å². The number of aryl methyl sites for hydroxylation is 1. The minimum Gasteiger partial charge on any atom is -0.478 e. The van der Waals surface area contributed by atoms with E-state index in [9.17, 15) is 14.7 Å². The summed E-state index contributed by atoms with van der Waals surface area (Å²) in [6.07, 6.45) is 0. The van der Waals surface area contributed by atoms with Gasteiger partial charge in [0.15, 0.2) is 0 Å². The van der Waals surface area contributed by atoms with E-state index in [0.29, 0.717) is 17.1 Å². The Hall–Kier alpha value is -1.86. The number of hydrogen-bond acceptors (Lipinski definition) is 4. The van der Waals surface area contributed by atoms with E-state index in [4.69, 9.17) is 0 Å². The van der Waals surface area contributed by atoms with Crippen molar-refractivity contribution in [2.24, 2.45) is 0 Å². The molecule has 0 aliphatic rings. The van der Waals surface area contributed by atoms with Crippen molar-refractivity contribution < 1.29 is 14.7 Å². The molecule has 2 aromatic heterocycles. The van der Waals surface area contributed by atoms with Crippen LogP contribution in [-0.4, -0.2) is 17.1 Å². The third-order valence-electron chi connectivity index (χ3n) is 2.86. The molecule has 20 heavy (non-hydrogen) atoms. The number of hydrogen-bond donors (Lipinski definition) is 3. The van der Waals surface area contributed by atoms with Crippen molar-refractivity contribution >= 4 is 39.7 Å². The zero-order chi connectivity index (χ0) is 14.7. The van der Waals surface area contributed by atoms with E-state index in [1.807, 2.05) is 23.8 Å². The number of anilines is 1. The summed E-state index contributed by atoms with van der Waals surface area (Å²) in [5.41, 5.74) is 1.87. The second-order valence-corrected chi connectivity index (χ2v) is 6.24. The second kappa shape index (κ2) is 6.06. The molecule has 0 aliphatic carbocycles. The predicted octanol–water partition coefficient (Wildman–Crippen LogP) is 3.45. The zero-order valence-electron chi connectivity index (χ0n) is 11.0. The van der Waals surface area contributed by atoms with Gasteiger partial charge >= 0.3 is 12.0 Å². The highest BCUT2D eigenvalue weighted by Crippen LogP contribution is 2.32. The first-order valence-electron chi connectivity index (χ1n) is 5.88. The Balaban J connectivity index is 2.04. The van der Waals surface area contributed by atoms with Crippen LogP contribution in [0.4, 0.5) is 9.80 Å². The molecule has 0 fully saturated rings. The number of carbonyl (C=O) groups is 2. The molecule has 7 heteroatoms. The largest absolute Gasteiger partial charge is 0.478 e. The molecule has 0 unspecified atom stereocenters. The minimum atomic E-state index is -1.03. The lowest BCUT2D eigenvalue weighted by Gasteiger charge is -2.06. The maximum Gasteiger partial charge on any atom is 0.338 e. The van der Waals surface area contributed by atoms with Gasteiger partial charge in [0.25, 0.3) is 0 Å². The van der Waals surface area contributed by atoms with Gasteiger partial charge in [0.05, 0.1) is 5.56 Å². The lowest BCUT2D eigenvalue weighted by Crippen LogP contribution is -2.28. The fraction of sp³-hybridized carbons (Fsp3) is 0.231. The van der Waals surface area contributed by atoms with E-state index < -0.39 is 12.0 Å². The van der Waals surface area contributed by atoms with Crippen LogP contribution in [-0.2, 0) is 6.54 Å². The van der Waals surface area contributed by atoms with E-state index in [1.165, 1.54) is 11.3 Å². The maximum absolute atomic E-state index is 11.8. The number of carboxylic acids is 1. The summed E-state index contributed by atoms with van der Waals surface area (Å²) in [7, 11) is 0. The van der Waals surface area contributed by atoms with Crippen molar-refractivity contribution in [3.63, 3.8) is 0 Å². The van der Waals surface area contributed by atoms with Crippen LogP contribution in [0.3, 0.4) is 0 Å². The van der Waals surface area contributed by atoms with Gasteiger partial charge in [0.2, 0.25) is 0 Å². The molecule has 2 heterocycles. The van der Waals surface area contributed by atoms with E-state index in [1.54, 1.807) is 18.3 Å². The Labute approximate surface area is 124 Å². The van der Waals surface area contributed by atoms with Gasteiger partial charge in [-0.15, -0.1) is 11.3 Å². The first-order valence-corrected chi connectivity index (χ1v) is 7.64. The number of thiophene rings is 2. The first kappa shape index (κ1) is 14.5. The van der Waals surface area contributed by atoms with Crippen LogP contribution in [0.25, 0.3) is 0 Å². The molecule has 2 rings (SSSR count). The fourth-order valence-electron chi connectivity index (χ4n) is 1.70. The van der Waals surface area contributed by atoms with Crippen LogP contribution in [0.5, 0.6) is 0 Å². The molecule has 0 saturated carbocycles. The lowest BCUT2D eigenvalue weighted by atomic mass is 10.1. The number of carbonyl (C=O) groups excluding carboxylic acids is 1. The third-order valence-corrected chi connectivity index (χ3v) is 4.71. The number of rotatable bonds is 4. The van der Waals surface area contributed by atoms with Crippen LogP contribution in [0.1, 0.15) is 26.4 Å². The van der Waals surface area contributed by atoms with Gasteiger partial charge in [0, 0.05) is 11.4 Å². The fourth-order valence-corrected chi connectivity index (χ4v) is 3.41. The topological polar surface area (TPSA) is 78.4 Å². The minimum absolute atomic E-state index is 0.165. The molecule has 0 aromatic carbocycles.